The first-order valence-electron chi connectivity index (χ1n) is 4.47. The van der Waals surface area contributed by atoms with Crippen molar-refractivity contribution in [3.8, 4) is 0 Å². The molecule has 1 aliphatic heterocycles. The van der Waals surface area contributed by atoms with Gasteiger partial charge in [0, 0.05) is 6.42 Å². The van der Waals surface area contributed by atoms with Crippen LogP contribution < -0.4 is 0 Å². The molecule has 0 saturated carbocycles. The number of ketones is 1. The molecule has 0 amide bonds. The SMILES string of the molecule is CC(=O)C(C)(C)C(=O)OC1CC=CO1. The van der Waals surface area contributed by atoms with E-state index in [1.165, 1.54) is 13.2 Å². The second-order valence-corrected chi connectivity index (χ2v) is 3.76. The van der Waals surface area contributed by atoms with Gasteiger partial charge in [-0.15, -0.1) is 0 Å². The van der Waals surface area contributed by atoms with Crippen LogP contribution in [0.15, 0.2) is 12.3 Å². The first-order valence-corrected chi connectivity index (χ1v) is 4.47. The number of rotatable bonds is 3. The van der Waals surface area contributed by atoms with Gasteiger partial charge in [-0.25, -0.2) is 0 Å². The molecule has 0 aliphatic carbocycles. The summed E-state index contributed by atoms with van der Waals surface area (Å²) in [7, 11) is 0. The summed E-state index contributed by atoms with van der Waals surface area (Å²) in [6.07, 6.45) is 3.22. The summed E-state index contributed by atoms with van der Waals surface area (Å²) in [6.45, 7) is 4.45. The summed E-state index contributed by atoms with van der Waals surface area (Å²) < 4.78 is 9.96. The fraction of sp³-hybridized carbons (Fsp3) is 0.600. The van der Waals surface area contributed by atoms with Gasteiger partial charge in [-0.05, 0) is 26.8 Å². The molecule has 0 fully saturated rings. The first-order chi connectivity index (χ1) is 6.44. The highest BCUT2D eigenvalue weighted by atomic mass is 16.7. The third-order valence-corrected chi connectivity index (χ3v) is 2.28. The Morgan fingerprint density at radius 3 is 2.57 bits per heavy atom. The lowest BCUT2D eigenvalue weighted by Crippen LogP contribution is -2.35. The maximum atomic E-state index is 11.5. The highest BCUT2D eigenvalue weighted by molar-refractivity contribution is 6.01. The van der Waals surface area contributed by atoms with E-state index in [2.05, 4.69) is 0 Å². The minimum Gasteiger partial charge on any atom is -0.462 e. The fourth-order valence-corrected chi connectivity index (χ4v) is 0.852. The lowest BCUT2D eigenvalue weighted by molar-refractivity contribution is -0.177. The fourth-order valence-electron chi connectivity index (χ4n) is 0.852. The molecule has 1 unspecified atom stereocenters. The molecule has 4 nitrogen and oxygen atoms in total. The predicted octanol–water partition coefficient (Wildman–Crippen LogP) is 1.40. The van der Waals surface area contributed by atoms with Crippen molar-refractivity contribution < 1.29 is 19.1 Å². The van der Waals surface area contributed by atoms with Crippen molar-refractivity contribution in [2.75, 3.05) is 0 Å². The Bertz CT molecular complexity index is 270. The number of carbonyl (C=O) groups is 2. The van der Waals surface area contributed by atoms with Gasteiger partial charge in [0.25, 0.3) is 0 Å². The molecular formula is C10H14O4. The van der Waals surface area contributed by atoms with E-state index in [4.69, 9.17) is 9.47 Å². The van der Waals surface area contributed by atoms with E-state index in [1.807, 2.05) is 0 Å². The van der Waals surface area contributed by atoms with Gasteiger partial charge in [0.15, 0.2) is 0 Å². The van der Waals surface area contributed by atoms with E-state index in [9.17, 15) is 9.59 Å². The van der Waals surface area contributed by atoms with E-state index in [-0.39, 0.29) is 5.78 Å². The summed E-state index contributed by atoms with van der Waals surface area (Å²) in [5, 5.41) is 0. The summed E-state index contributed by atoms with van der Waals surface area (Å²) in [4.78, 5) is 22.6. The van der Waals surface area contributed by atoms with Gasteiger partial charge in [-0.3, -0.25) is 9.59 Å². The van der Waals surface area contributed by atoms with Crippen LogP contribution in [0, 0.1) is 5.41 Å². The third kappa shape index (κ3) is 2.13. The Morgan fingerprint density at radius 2 is 2.14 bits per heavy atom. The molecule has 1 atom stereocenters. The predicted molar refractivity (Wildman–Crippen MR) is 49.2 cm³/mol. The number of ether oxygens (including phenoxy) is 2. The molecule has 0 saturated heterocycles. The average Bonchev–Trinajstić information content (AvgIpc) is 2.56. The highest BCUT2D eigenvalue weighted by Gasteiger charge is 2.36. The molecule has 0 aromatic carbocycles. The second-order valence-electron chi connectivity index (χ2n) is 3.76. The van der Waals surface area contributed by atoms with Crippen LogP contribution in [0.5, 0.6) is 0 Å². The van der Waals surface area contributed by atoms with Crippen LogP contribution in [0.2, 0.25) is 0 Å². The van der Waals surface area contributed by atoms with Crippen molar-refractivity contribution in [2.45, 2.75) is 33.5 Å². The van der Waals surface area contributed by atoms with Gasteiger partial charge in [-0.1, -0.05) is 0 Å². The van der Waals surface area contributed by atoms with Crippen LogP contribution in [0.4, 0.5) is 0 Å². The number of carbonyl (C=O) groups excluding carboxylic acids is 2. The van der Waals surface area contributed by atoms with Gasteiger partial charge in [0.05, 0.1) is 6.26 Å². The monoisotopic (exact) mass is 198 g/mol. The van der Waals surface area contributed by atoms with Gasteiger partial charge in [0.1, 0.15) is 11.2 Å². The maximum Gasteiger partial charge on any atom is 0.322 e. The van der Waals surface area contributed by atoms with Crippen molar-refractivity contribution >= 4 is 11.8 Å². The van der Waals surface area contributed by atoms with Crippen molar-refractivity contribution in [1.82, 2.24) is 0 Å². The van der Waals surface area contributed by atoms with Crippen LogP contribution >= 0.6 is 0 Å². The minimum atomic E-state index is -1.09. The Hall–Kier alpha value is -1.32. The maximum absolute atomic E-state index is 11.5. The molecule has 4 heteroatoms. The molecule has 1 heterocycles. The van der Waals surface area contributed by atoms with Gasteiger partial charge < -0.3 is 9.47 Å². The molecule has 0 radical (unpaired) electrons. The summed E-state index contributed by atoms with van der Waals surface area (Å²) >= 11 is 0. The van der Waals surface area contributed by atoms with Crippen molar-refractivity contribution in [2.24, 2.45) is 5.41 Å². The number of esters is 1. The first kappa shape index (κ1) is 10.8. The smallest absolute Gasteiger partial charge is 0.322 e. The zero-order valence-corrected chi connectivity index (χ0v) is 8.57. The molecule has 1 aliphatic rings. The van der Waals surface area contributed by atoms with Crippen LogP contribution in [-0.4, -0.2) is 18.0 Å². The van der Waals surface area contributed by atoms with Gasteiger partial charge in [-0.2, -0.15) is 0 Å². The molecule has 0 aromatic heterocycles. The Kier molecular flexibility index (Phi) is 2.93. The van der Waals surface area contributed by atoms with Crippen LogP contribution in [0.1, 0.15) is 27.2 Å². The normalized spacial score (nSPS) is 20.4. The molecule has 0 bridgehead atoms. The highest BCUT2D eigenvalue weighted by Crippen LogP contribution is 2.21. The number of hydrogen-bond donors (Lipinski definition) is 0. The van der Waals surface area contributed by atoms with Crippen LogP contribution in [0.25, 0.3) is 0 Å². The van der Waals surface area contributed by atoms with E-state index in [1.54, 1.807) is 19.9 Å². The lowest BCUT2D eigenvalue weighted by Gasteiger charge is -2.21. The van der Waals surface area contributed by atoms with E-state index >= 15 is 0 Å². The Labute approximate surface area is 82.9 Å². The number of hydrogen-bond acceptors (Lipinski definition) is 4. The molecular weight excluding hydrogens is 184 g/mol. The number of Topliss-reactive ketones (excluding diaryl/α,β-unsaturated/α-hetero) is 1. The van der Waals surface area contributed by atoms with Crippen LogP contribution in [0.3, 0.4) is 0 Å². The molecule has 0 aromatic rings. The Morgan fingerprint density at radius 1 is 1.50 bits per heavy atom. The minimum absolute atomic E-state index is 0.214. The van der Waals surface area contributed by atoms with Gasteiger partial charge >= 0.3 is 5.97 Å². The largest absolute Gasteiger partial charge is 0.462 e. The van der Waals surface area contributed by atoms with Crippen molar-refractivity contribution in [1.29, 1.82) is 0 Å². The van der Waals surface area contributed by atoms with Crippen molar-refractivity contribution in [3.63, 3.8) is 0 Å². The molecule has 1 rings (SSSR count). The van der Waals surface area contributed by atoms with E-state index in [0.29, 0.717) is 6.42 Å². The molecule has 78 valence electrons. The average molecular weight is 198 g/mol. The molecule has 14 heavy (non-hydrogen) atoms. The lowest BCUT2D eigenvalue weighted by atomic mass is 9.89. The van der Waals surface area contributed by atoms with Crippen molar-refractivity contribution in [3.05, 3.63) is 12.3 Å². The van der Waals surface area contributed by atoms with Gasteiger partial charge in [0.2, 0.25) is 6.29 Å². The summed E-state index contributed by atoms with van der Waals surface area (Å²) in [5.41, 5.74) is -1.09. The topological polar surface area (TPSA) is 52.6 Å². The second kappa shape index (κ2) is 3.82. The van der Waals surface area contributed by atoms with Crippen LogP contribution in [-0.2, 0) is 19.1 Å². The third-order valence-electron chi connectivity index (χ3n) is 2.28. The van der Waals surface area contributed by atoms with E-state index < -0.39 is 17.7 Å². The van der Waals surface area contributed by atoms with E-state index in [0.717, 1.165) is 0 Å². The standard InChI is InChI=1S/C10H14O4/c1-7(11)10(2,3)9(12)14-8-5-4-6-13-8/h4,6,8H,5H2,1-3H3. The molecule has 0 N–H and O–H groups in total. The summed E-state index contributed by atoms with van der Waals surface area (Å²) in [6, 6.07) is 0. The zero-order valence-electron chi connectivity index (χ0n) is 8.57. The zero-order chi connectivity index (χ0) is 10.8. The summed E-state index contributed by atoms with van der Waals surface area (Å²) in [5.74, 6) is -0.757. The Balaban J connectivity index is 2.53. The molecule has 0 spiro atoms. The quantitative estimate of drug-likeness (QED) is 0.508.